The van der Waals surface area contributed by atoms with Gasteiger partial charge in [-0.3, -0.25) is 4.55 Å². The quantitative estimate of drug-likeness (QED) is 0.461. The van der Waals surface area contributed by atoms with Gasteiger partial charge in [0, 0.05) is 37.8 Å². The largest absolute Gasteiger partial charge is 0.356 e. The lowest BCUT2D eigenvalue weighted by atomic mass is 9.69. The molecule has 8 nitrogen and oxygen atoms in total. The Kier molecular flexibility index (Phi) is 6.21. The van der Waals surface area contributed by atoms with Crippen molar-refractivity contribution in [1.82, 2.24) is 19.1 Å². The van der Waals surface area contributed by atoms with Crippen LogP contribution in [0, 0.1) is 11.2 Å². The van der Waals surface area contributed by atoms with Crippen molar-refractivity contribution in [2.24, 2.45) is 5.41 Å². The molecule has 1 atom stereocenters. The van der Waals surface area contributed by atoms with Gasteiger partial charge in [0.1, 0.15) is 11.6 Å². The van der Waals surface area contributed by atoms with Crippen LogP contribution in [-0.4, -0.2) is 73.5 Å². The van der Waals surface area contributed by atoms with Crippen LogP contribution in [0.4, 0.5) is 19.0 Å². The Balaban J connectivity index is 1.34. The molecule has 2 aromatic heterocycles. The number of pyridine rings is 1. The SMILES string of the molecule is CS(=O)(O)(c1ccc(N2CCC2)nc1)N1CCC2=Cc3c(cnn3-c3ccc(F)cc3)CC2(COC(F)F)C1. The number of hydrogen-bond acceptors (Lipinski definition) is 5. The van der Waals surface area contributed by atoms with E-state index in [1.54, 1.807) is 35.1 Å². The highest BCUT2D eigenvalue weighted by Crippen LogP contribution is 2.48. The van der Waals surface area contributed by atoms with Crippen LogP contribution in [0.5, 0.6) is 0 Å². The highest BCUT2D eigenvalue weighted by Gasteiger charge is 2.48. The second-order valence-electron chi connectivity index (χ2n) is 10.7. The second-order valence-corrected chi connectivity index (χ2v) is 14.1. The molecule has 1 unspecified atom stereocenters. The first-order valence-corrected chi connectivity index (χ1v) is 15.1. The number of fused-ring (bicyclic) bond motifs is 2. The number of alkyl halides is 2. The number of benzene rings is 1. The summed E-state index contributed by atoms with van der Waals surface area (Å²) in [6.07, 6.45) is 8.09. The van der Waals surface area contributed by atoms with Crippen LogP contribution >= 0.6 is 0 Å². The first-order valence-electron chi connectivity index (χ1n) is 12.8. The average molecular weight is 562 g/mol. The summed E-state index contributed by atoms with van der Waals surface area (Å²) >= 11 is 0. The zero-order valence-corrected chi connectivity index (χ0v) is 22.3. The summed E-state index contributed by atoms with van der Waals surface area (Å²) in [5.74, 6) is 0.401. The van der Waals surface area contributed by atoms with Crippen LogP contribution in [-0.2, 0) is 20.7 Å². The molecule has 0 bridgehead atoms. The van der Waals surface area contributed by atoms with Crippen LogP contribution in [0.2, 0.25) is 0 Å². The van der Waals surface area contributed by atoms with E-state index in [4.69, 9.17) is 4.74 Å². The zero-order chi connectivity index (χ0) is 27.4. The summed E-state index contributed by atoms with van der Waals surface area (Å²) in [5.41, 5.74) is 2.14. The summed E-state index contributed by atoms with van der Waals surface area (Å²) in [7, 11) is -4.57. The lowest BCUT2D eigenvalue weighted by Gasteiger charge is -2.55. The fraction of sp³-hybridized carbons (Fsp3) is 0.407. The van der Waals surface area contributed by atoms with Gasteiger partial charge in [-0.05, 0) is 67.3 Å². The molecule has 1 aliphatic carbocycles. The van der Waals surface area contributed by atoms with Gasteiger partial charge in [-0.15, -0.1) is 9.53 Å². The van der Waals surface area contributed by atoms with Crippen LogP contribution in [0.25, 0.3) is 11.8 Å². The lowest BCUT2D eigenvalue weighted by molar-refractivity contribution is -0.150. The van der Waals surface area contributed by atoms with E-state index in [2.05, 4.69) is 15.0 Å². The first-order chi connectivity index (χ1) is 18.5. The van der Waals surface area contributed by atoms with Crippen LogP contribution in [0.1, 0.15) is 24.1 Å². The molecule has 3 aliphatic rings. The molecule has 208 valence electrons. The number of piperidine rings is 1. The van der Waals surface area contributed by atoms with Crippen LogP contribution in [0.15, 0.2) is 59.3 Å². The summed E-state index contributed by atoms with van der Waals surface area (Å²) in [6, 6.07) is 9.33. The molecule has 2 saturated heterocycles. The predicted octanol–water partition coefficient (Wildman–Crippen LogP) is 4.38. The van der Waals surface area contributed by atoms with E-state index in [1.165, 1.54) is 28.9 Å². The molecule has 0 saturated carbocycles. The Morgan fingerprint density at radius 2 is 1.90 bits per heavy atom. The molecule has 3 aromatic rings. The van der Waals surface area contributed by atoms with Gasteiger partial charge in [0.25, 0.3) is 0 Å². The van der Waals surface area contributed by atoms with E-state index in [0.29, 0.717) is 18.5 Å². The van der Waals surface area contributed by atoms with Crippen molar-refractivity contribution in [2.75, 3.05) is 43.9 Å². The number of nitrogens with zero attached hydrogens (tertiary/aromatic N) is 5. The normalized spacial score (nSPS) is 22.5. The third kappa shape index (κ3) is 4.58. The molecule has 1 aromatic carbocycles. The Morgan fingerprint density at radius 1 is 1.13 bits per heavy atom. The molecule has 0 spiro atoms. The van der Waals surface area contributed by atoms with Gasteiger partial charge in [-0.2, -0.15) is 18.1 Å². The standard InChI is InChI=1S/C27H30F3N5O3S/c1-39(36,37,23-7-8-25(31-16-23)33-10-2-11-33)34-12-9-20-13-24-19(14-27(20,17-34)18-38-26(29)30)15-32-35(24)22-5-3-21(28)4-6-22/h3-8,13,15-16,26H,2,9-12,14,17-18H2,1H3,(H,36,37). The first kappa shape index (κ1) is 26.2. The number of aromatic nitrogens is 3. The molecule has 0 radical (unpaired) electrons. The Hall–Kier alpha value is -3.06. The second kappa shape index (κ2) is 9.26. The van der Waals surface area contributed by atoms with Crippen molar-refractivity contribution in [3.63, 3.8) is 0 Å². The topological polar surface area (TPSA) is 83.7 Å². The number of anilines is 1. The Bertz CT molecular complexity index is 1480. The number of hydrogen-bond donors (Lipinski definition) is 1. The van der Waals surface area contributed by atoms with Crippen molar-refractivity contribution < 1.29 is 26.7 Å². The highest BCUT2D eigenvalue weighted by atomic mass is 32.3. The zero-order valence-electron chi connectivity index (χ0n) is 21.5. The smallest absolute Gasteiger partial charge is 0.345 e. The summed E-state index contributed by atoms with van der Waals surface area (Å²) in [4.78, 5) is 6.71. The maximum atomic E-state index is 14.3. The molecule has 2 aliphatic heterocycles. The fourth-order valence-corrected chi connectivity index (χ4v) is 7.78. The van der Waals surface area contributed by atoms with Crippen LogP contribution < -0.4 is 4.90 Å². The molecular weight excluding hydrogens is 531 g/mol. The molecule has 39 heavy (non-hydrogen) atoms. The number of ether oxygens (including phenoxy) is 1. The van der Waals surface area contributed by atoms with Crippen molar-refractivity contribution in [1.29, 1.82) is 0 Å². The number of halogens is 3. The van der Waals surface area contributed by atoms with E-state index in [-0.39, 0.29) is 30.4 Å². The van der Waals surface area contributed by atoms with Gasteiger partial charge < -0.3 is 9.64 Å². The van der Waals surface area contributed by atoms with Crippen molar-refractivity contribution >= 4 is 21.4 Å². The molecule has 2 fully saturated rings. The molecule has 0 amide bonds. The van der Waals surface area contributed by atoms with Gasteiger partial charge in [-0.1, -0.05) is 5.57 Å². The van der Waals surface area contributed by atoms with Crippen molar-refractivity contribution in [3.8, 4) is 5.69 Å². The third-order valence-electron chi connectivity index (χ3n) is 8.13. The minimum Gasteiger partial charge on any atom is -0.356 e. The predicted molar refractivity (Wildman–Crippen MR) is 142 cm³/mol. The highest BCUT2D eigenvalue weighted by molar-refractivity contribution is 8.12. The van der Waals surface area contributed by atoms with E-state index in [1.807, 2.05) is 6.08 Å². The maximum Gasteiger partial charge on any atom is 0.345 e. The molecule has 1 N–H and O–H groups in total. The monoisotopic (exact) mass is 561 g/mol. The van der Waals surface area contributed by atoms with Crippen LogP contribution in [0.3, 0.4) is 0 Å². The van der Waals surface area contributed by atoms with Gasteiger partial charge in [0.2, 0.25) is 0 Å². The van der Waals surface area contributed by atoms with Crippen molar-refractivity contribution in [3.05, 3.63) is 71.4 Å². The third-order valence-corrected chi connectivity index (χ3v) is 11.0. The van der Waals surface area contributed by atoms with Gasteiger partial charge in [0.05, 0.1) is 35.3 Å². The minimum atomic E-state index is -4.57. The Morgan fingerprint density at radius 3 is 2.54 bits per heavy atom. The molecular formula is C27H30F3N5O3S. The maximum absolute atomic E-state index is 14.3. The summed E-state index contributed by atoms with van der Waals surface area (Å²) in [5, 5.41) is 4.48. The van der Waals surface area contributed by atoms with Gasteiger partial charge in [0.15, 0.2) is 0 Å². The summed E-state index contributed by atoms with van der Waals surface area (Å²) < 4.78 is 74.1. The summed E-state index contributed by atoms with van der Waals surface area (Å²) in [6.45, 7) is -1.19. The minimum absolute atomic E-state index is 0.0406. The molecule has 6 rings (SSSR count). The lowest BCUT2D eigenvalue weighted by Crippen LogP contribution is -2.59. The molecule has 4 heterocycles. The molecule has 12 heteroatoms. The average Bonchev–Trinajstić information content (AvgIpc) is 3.27. The van der Waals surface area contributed by atoms with E-state index < -0.39 is 21.6 Å². The van der Waals surface area contributed by atoms with E-state index in [9.17, 15) is 21.9 Å². The van der Waals surface area contributed by atoms with E-state index in [0.717, 1.165) is 42.2 Å². The fourth-order valence-electron chi connectivity index (χ4n) is 5.73. The van der Waals surface area contributed by atoms with Crippen molar-refractivity contribution in [2.45, 2.75) is 30.8 Å². The van der Waals surface area contributed by atoms with E-state index >= 15 is 0 Å². The van der Waals surface area contributed by atoms with Gasteiger partial charge in [-0.25, -0.2) is 18.4 Å². The Labute approximate surface area is 224 Å². The van der Waals surface area contributed by atoms with Gasteiger partial charge >= 0.3 is 6.61 Å². The number of rotatable bonds is 7.